The van der Waals surface area contributed by atoms with Crippen LogP contribution in [0.3, 0.4) is 0 Å². The van der Waals surface area contributed by atoms with Gasteiger partial charge >= 0.3 is 0 Å². The molecule has 0 aliphatic heterocycles. The summed E-state index contributed by atoms with van der Waals surface area (Å²) in [6.07, 6.45) is 6.86. The molecule has 1 N–H and O–H groups in total. The summed E-state index contributed by atoms with van der Waals surface area (Å²) in [4.78, 5) is 0. The van der Waals surface area contributed by atoms with Gasteiger partial charge < -0.3 is 5.11 Å². The Kier molecular flexibility index (Phi) is 11.5. The Morgan fingerprint density at radius 2 is 1.12 bits per heavy atom. The fraction of sp³-hybridized carbons (Fsp3) is 1.00. The molecule has 0 amide bonds. The van der Waals surface area contributed by atoms with Crippen molar-refractivity contribution in [2.24, 2.45) is 23.7 Å². The molecule has 4 unspecified atom stereocenters. The van der Waals surface area contributed by atoms with Crippen molar-refractivity contribution in [2.75, 3.05) is 0 Å². The first-order chi connectivity index (χ1) is 10.6. The summed E-state index contributed by atoms with van der Waals surface area (Å²) in [7, 11) is 0. The molecule has 3 radical (unpaired) electrons. The monoisotopic (exact) mass is 677 g/mol. The second-order valence-electron chi connectivity index (χ2n) is 8.05. The van der Waals surface area contributed by atoms with Crippen LogP contribution >= 0.6 is 0 Å². The van der Waals surface area contributed by atoms with E-state index in [1.165, 1.54) is 38.5 Å². The number of alkyl halides is 2. The molecular weight excluding hydrogens is 646 g/mol. The van der Waals surface area contributed by atoms with Crippen molar-refractivity contribution in [3.8, 4) is 0 Å². The van der Waals surface area contributed by atoms with Crippen molar-refractivity contribution < 1.29 is 72.5 Å². The first kappa shape index (κ1) is 24.3. The fourth-order valence-corrected chi connectivity index (χ4v) is 5.67. The van der Waals surface area contributed by atoms with E-state index in [1.54, 1.807) is 0 Å². The molecule has 3 fully saturated rings. The third kappa shape index (κ3) is 5.89. The van der Waals surface area contributed by atoms with Crippen molar-refractivity contribution in [3.05, 3.63) is 0 Å². The maximum atomic E-state index is 14.2. The Labute approximate surface area is 198 Å². The average molecular weight is 675 g/mol. The third-order valence-electron chi connectivity index (χ3n) is 6.78. The van der Waals surface area contributed by atoms with Gasteiger partial charge in [-0.05, 0) is 62.2 Å². The molecule has 6 heteroatoms. The van der Waals surface area contributed by atoms with Crippen molar-refractivity contribution >= 4 is 16.3 Å². The average Bonchev–Trinajstić information content (AvgIpc) is 2.54. The molecule has 0 aromatic carbocycles. The summed E-state index contributed by atoms with van der Waals surface area (Å²) in [5.41, 5.74) is 0. The maximum Gasteiger partial charge on any atom is 0.157 e. The van der Waals surface area contributed by atoms with Crippen LogP contribution in [-0.2, 0) is 20.4 Å². The quantitative estimate of drug-likeness (QED) is 0.432. The Morgan fingerprint density at radius 3 is 1.67 bits per heavy atom. The maximum absolute atomic E-state index is 14.2. The SMILES string of the molecule is OC1CCC(C2CCC(C3CC[CH]([Al])CC3)CC2)C(F)C1F.[Dy].[Re]. The van der Waals surface area contributed by atoms with Gasteiger partial charge in [0.15, 0.2) is 6.17 Å². The van der Waals surface area contributed by atoms with Crippen molar-refractivity contribution in [1.82, 2.24) is 0 Å². The molecule has 0 bridgehead atoms. The van der Waals surface area contributed by atoms with E-state index in [4.69, 9.17) is 0 Å². The molecule has 1 nitrogen and oxygen atoms in total. The van der Waals surface area contributed by atoms with Crippen LogP contribution in [0.25, 0.3) is 0 Å². The second kappa shape index (κ2) is 11.3. The number of aliphatic hydroxyl groups is 1. The number of rotatable bonds is 2. The van der Waals surface area contributed by atoms with E-state index in [1.807, 2.05) is 0 Å². The molecule has 0 heterocycles. The zero-order chi connectivity index (χ0) is 15.7. The number of hydrogen-bond donors (Lipinski definition) is 1. The summed E-state index contributed by atoms with van der Waals surface area (Å²) in [6.45, 7) is 0. The predicted molar refractivity (Wildman–Crippen MR) is 85.4 cm³/mol. The Hall–Kier alpha value is 2.29. The van der Waals surface area contributed by atoms with Gasteiger partial charge in [0, 0.05) is 58.6 Å². The summed E-state index contributed by atoms with van der Waals surface area (Å²) in [5, 5.41) is 9.48. The molecular formula is C18H29AlDyF2ORe. The summed E-state index contributed by atoms with van der Waals surface area (Å²) >= 11 is 2.97. The van der Waals surface area contributed by atoms with Crippen LogP contribution in [-0.4, -0.2) is 39.8 Å². The molecule has 141 valence electrons. The van der Waals surface area contributed by atoms with E-state index in [-0.39, 0.29) is 64.5 Å². The van der Waals surface area contributed by atoms with Gasteiger partial charge in [0.25, 0.3) is 0 Å². The van der Waals surface area contributed by atoms with E-state index in [2.05, 4.69) is 16.3 Å². The zero-order valence-electron chi connectivity index (χ0n) is 14.2. The van der Waals surface area contributed by atoms with Gasteiger partial charge in [-0.25, -0.2) is 8.78 Å². The number of halogens is 2. The van der Waals surface area contributed by atoms with Gasteiger partial charge in [0.05, 0.1) is 6.10 Å². The van der Waals surface area contributed by atoms with Crippen LogP contribution in [0.2, 0.25) is 4.78 Å². The number of aliphatic hydroxyl groups excluding tert-OH is 1. The smallest absolute Gasteiger partial charge is 0.157 e. The first-order valence-electron chi connectivity index (χ1n) is 9.28. The van der Waals surface area contributed by atoms with Gasteiger partial charge in [-0.2, -0.15) is 0 Å². The van der Waals surface area contributed by atoms with Crippen molar-refractivity contribution in [1.29, 1.82) is 0 Å². The first-order valence-corrected chi connectivity index (χ1v) is 9.94. The van der Waals surface area contributed by atoms with E-state index < -0.39 is 18.4 Å². The molecule has 0 aromatic heterocycles. The van der Waals surface area contributed by atoms with E-state index in [9.17, 15) is 13.9 Å². The molecule has 3 aliphatic rings. The van der Waals surface area contributed by atoms with Crippen LogP contribution in [0, 0.1) is 61.8 Å². The molecule has 3 rings (SSSR count). The minimum absolute atomic E-state index is 0. The molecule has 0 saturated heterocycles. The molecule has 3 saturated carbocycles. The Bertz CT molecular complexity index is 363. The predicted octanol–water partition coefficient (Wildman–Crippen LogP) is 4.38. The Morgan fingerprint density at radius 1 is 0.667 bits per heavy atom. The summed E-state index contributed by atoms with van der Waals surface area (Å²) in [5.74, 6) is 1.89. The number of hydrogen-bond acceptors (Lipinski definition) is 1. The minimum Gasteiger partial charge on any atom is -0.390 e. The fourth-order valence-electron chi connectivity index (χ4n) is 5.29. The van der Waals surface area contributed by atoms with Gasteiger partial charge in [0.1, 0.15) is 22.5 Å². The van der Waals surface area contributed by atoms with Crippen molar-refractivity contribution in [3.63, 3.8) is 0 Å². The standard InChI is InChI=1S/C18H29F2O.Al.Dy.Re/c19-17-15(10-11-16(21)18(17)20)14-8-6-13(7-9-14)12-4-2-1-3-5-12;;;/h1,12-18,21H,2-11H2;;;. The van der Waals surface area contributed by atoms with E-state index in [0.717, 1.165) is 29.5 Å². The molecule has 3 aliphatic carbocycles. The second-order valence-corrected chi connectivity index (χ2v) is 8.99. The Balaban J connectivity index is 0.00000144. The van der Waals surface area contributed by atoms with Crippen LogP contribution in [0.15, 0.2) is 0 Å². The normalized spacial score (nSPS) is 46.5. The van der Waals surface area contributed by atoms with Crippen molar-refractivity contribution in [2.45, 2.75) is 87.4 Å². The van der Waals surface area contributed by atoms with Crippen LogP contribution in [0.1, 0.15) is 64.2 Å². The van der Waals surface area contributed by atoms with Crippen LogP contribution < -0.4 is 0 Å². The van der Waals surface area contributed by atoms with E-state index in [0.29, 0.717) is 18.8 Å². The molecule has 4 atom stereocenters. The van der Waals surface area contributed by atoms with Gasteiger partial charge in [0.2, 0.25) is 0 Å². The molecule has 0 aromatic rings. The molecule has 0 spiro atoms. The van der Waals surface area contributed by atoms with Gasteiger partial charge in [-0.1, -0.05) is 25.7 Å². The summed E-state index contributed by atoms with van der Waals surface area (Å²) < 4.78 is 28.8. The van der Waals surface area contributed by atoms with E-state index >= 15 is 0 Å². The van der Waals surface area contributed by atoms with Crippen LogP contribution in [0.4, 0.5) is 8.78 Å². The van der Waals surface area contributed by atoms with Gasteiger partial charge in [-0.15, -0.1) is 4.78 Å². The topological polar surface area (TPSA) is 20.2 Å². The van der Waals surface area contributed by atoms with Gasteiger partial charge in [-0.3, -0.25) is 0 Å². The largest absolute Gasteiger partial charge is 0.390 e. The molecule has 24 heavy (non-hydrogen) atoms. The summed E-state index contributed by atoms with van der Waals surface area (Å²) in [6, 6.07) is 0. The zero-order valence-corrected chi connectivity index (χ0v) is 20.1. The van der Waals surface area contributed by atoms with Crippen LogP contribution in [0.5, 0.6) is 0 Å². The minimum atomic E-state index is -1.66. The third-order valence-corrected chi connectivity index (χ3v) is 7.45.